The molecule has 0 aliphatic heterocycles. The lowest BCUT2D eigenvalue weighted by atomic mass is 10.1. The highest BCUT2D eigenvalue weighted by Crippen LogP contribution is 2.24. The zero-order valence-electron chi connectivity index (χ0n) is 18.7. The number of amides is 1. The van der Waals surface area contributed by atoms with Crippen LogP contribution in [0.1, 0.15) is 34.1 Å². The Morgan fingerprint density at radius 1 is 1.06 bits per heavy atom. The maximum atomic E-state index is 13.0. The summed E-state index contributed by atoms with van der Waals surface area (Å²) < 4.78 is 5.35. The van der Waals surface area contributed by atoms with Crippen LogP contribution < -0.4 is 5.32 Å². The molecule has 0 radical (unpaired) electrons. The average molecular weight is 441 g/mol. The Balaban J connectivity index is 1.38. The predicted molar refractivity (Wildman–Crippen MR) is 125 cm³/mol. The summed E-state index contributed by atoms with van der Waals surface area (Å²) in [6, 6.07) is 10.1. The van der Waals surface area contributed by atoms with Crippen LogP contribution in [0.2, 0.25) is 0 Å². The molecule has 0 unspecified atom stereocenters. The fraction of sp³-hybridized carbons (Fsp3) is 0.208. The number of aromatic nitrogens is 7. The second-order valence-electron chi connectivity index (χ2n) is 7.98. The van der Waals surface area contributed by atoms with Crippen LogP contribution in [0.4, 0.5) is 5.69 Å². The highest BCUT2D eigenvalue weighted by atomic mass is 16.1. The van der Waals surface area contributed by atoms with Gasteiger partial charge in [0, 0.05) is 30.7 Å². The molecular weight excluding hydrogens is 416 g/mol. The molecule has 166 valence electrons. The Kier molecular flexibility index (Phi) is 5.21. The van der Waals surface area contributed by atoms with Crippen LogP contribution in [0.3, 0.4) is 0 Å². The van der Waals surface area contributed by atoms with Crippen molar-refractivity contribution in [3.05, 3.63) is 83.7 Å². The van der Waals surface area contributed by atoms with Crippen molar-refractivity contribution in [2.75, 3.05) is 5.32 Å². The zero-order valence-corrected chi connectivity index (χ0v) is 18.7. The van der Waals surface area contributed by atoms with Gasteiger partial charge in [-0.05, 0) is 32.4 Å². The highest BCUT2D eigenvalue weighted by molar-refractivity contribution is 6.08. The van der Waals surface area contributed by atoms with Crippen LogP contribution in [0.25, 0.3) is 16.9 Å². The van der Waals surface area contributed by atoms with Crippen molar-refractivity contribution in [1.82, 2.24) is 34.2 Å². The number of fused-ring (bicyclic) bond motifs is 1. The van der Waals surface area contributed by atoms with E-state index in [1.54, 1.807) is 21.6 Å². The lowest BCUT2D eigenvalue weighted by Crippen LogP contribution is -2.11. The van der Waals surface area contributed by atoms with E-state index in [1.807, 2.05) is 43.1 Å². The number of anilines is 1. The van der Waals surface area contributed by atoms with Crippen molar-refractivity contribution in [2.24, 2.45) is 0 Å². The molecule has 0 saturated heterocycles. The summed E-state index contributed by atoms with van der Waals surface area (Å²) in [5.74, 6) is -0.286. The smallest absolute Gasteiger partial charge is 0.261 e. The lowest BCUT2D eigenvalue weighted by Gasteiger charge is -2.04. The van der Waals surface area contributed by atoms with E-state index in [4.69, 9.17) is 0 Å². The predicted octanol–water partition coefficient (Wildman–Crippen LogP) is 3.73. The SMILES string of the molecule is CCn1cc(-c2ccnc3c(C(=O)Nc4cnn(Cc5cccc(C)c5)c4)cnn23)c(C)n1. The minimum atomic E-state index is -0.286. The Hall–Kier alpha value is -4.27. The number of aryl methyl sites for hydroxylation is 3. The van der Waals surface area contributed by atoms with Crippen molar-refractivity contribution in [2.45, 2.75) is 33.9 Å². The number of hydrogen-bond donors (Lipinski definition) is 1. The van der Waals surface area contributed by atoms with Crippen LogP contribution in [0, 0.1) is 13.8 Å². The third-order valence-corrected chi connectivity index (χ3v) is 5.51. The van der Waals surface area contributed by atoms with Gasteiger partial charge in [0.2, 0.25) is 0 Å². The molecular formula is C24H24N8O. The molecule has 9 nitrogen and oxygen atoms in total. The molecule has 33 heavy (non-hydrogen) atoms. The molecule has 0 spiro atoms. The van der Waals surface area contributed by atoms with Crippen molar-refractivity contribution in [1.29, 1.82) is 0 Å². The molecule has 0 saturated carbocycles. The molecule has 0 bridgehead atoms. The molecule has 5 aromatic rings. The van der Waals surface area contributed by atoms with Crippen LogP contribution >= 0.6 is 0 Å². The first kappa shape index (κ1) is 20.6. The fourth-order valence-corrected chi connectivity index (χ4v) is 3.90. The summed E-state index contributed by atoms with van der Waals surface area (Å²) >= 11 is 0. The topological polar surface area (TPSA) is 94.9 Å². The molecule has 0 aliphatic rings. The molecule has 9 heteroatoms. The highest BCUT2D eigenvalue weighted by Gasteiger charge is 2.18. The number of rotatable bonds is 6. The van der Waals surface area contributed by atoms with Crippen molar-refractivity contribution >= 4 is 17.2 Å². The molecule has 5 rings (SSSR count). The minimum Gasteiger partial charge on any atom is -0.319 e. The maximum absolute atomic E-state index is 13.0. The van der Waals surface area contributed by atoms with E-state index in [0.29, 0.717) is 23.4 Å². The third kappa shape index (κ3) is 4.00. The fourth-order valence-electron chi connectivity index (χ4n) is 3.90. The van der Waals surface area contributed by atoms with E-state index in [0.717, 1.165) is 29.1 Å². The molecule has 1 amide bonds. The first-order chi connectivity index (χ1) is 16.0. The van der Waals surface area contributed by atoms with Crippen molar-refractivity contribution in [3.63, 3.8) is 0 Å². The number of carbonyl (C=O) groups is 1. The summed E-state index contributed by atoms with van der Waals surface area (Å²) in [6.07, 6.45) is 8.66. The first-order valence-corrected chi connectivity index (χ1v) is 10.8. The van der Waals surface area contributed by atoms with Gasteiger partial charge < -0.3 is 5.32 Å². The Bertz CT molecular complexity index is 1460. The summed E-state index contributed by atoms with van der Waals surface area (Å²) in [5.41, 5.74) is 6.53. The van der Waals surface area contributed by atoms with Gasteiger partial charge in [0.1, 0.15) is 5.56 Å². The summed E-state index contributed by atoms with van der Waals surface area (Å²) in [5, 5.41) is 16.2. The van der Waals surface area contributed by atoms with Gasteiger partial charge in [-0.3, -0.25) is 14.2 Å². The molecule has 1 aromatic carbocycles. The molecule has 1 N–H and O–H groups in total. The average Bonchev–Trinajstić information content (AvgIpc) is 3.52. The minimum absolute atomic E-state index is 0.286. The Morgan fingerprint density at radius 2 is 1.94 bits per heavy atom. The van der Waals surface area contributed by atoms with Crippen molar-refractivity contribution < 1.29 is 4.79 Å². The Morgan fingerprint density at radius 3 is 2.73 bits per heavy atom. The molecule has 0 fully saturated rings. The van der Waals surface area contributed by atoms with Gasteiger partial charge in [-0.25, -0.2) is 9.50 Å². The molecule has 0 aliphatic carbocycles. The van der Waals surface area contributed by atoms with Crippen molar-refractivity contribution in [3.8, 4) is 11.3 Å². The quantitative estimate of drug-likeness (QED) is 0.434. The maximum Gasteiger partial charge on any atom is 0.261 e. The zero-order chi connectivity index (χ0) is 22.9. The van der Waals surface area contributed by atoms with Gasteiger partial charge in [-0.1, -0.05) is 29.8 Å². The number of hydrogen-bond acceptors (Lipinski definition) is 5. The monoisotopic (exact) mass is 440 g/mol. The molecule has 4 aromatic heterocycles. The van der Waals surface area contributed by atoms with Crippen LogP contribution in [-0.4, -0.2) is 40.1 Å². The van der Waals surface area contributed by atoms with E-state index in [2.05, 4.69) is 50.7 Å². The number of carbonyl (C=O) groups excluding carboxylic acids is 1. The molecule has 0 atom stereocenters. The van der Waals surface area contributed by atoms with E-state index in [1.165, 1.54) is 11.8 Å². The number of nitrogens with one attached hydrogen (secondary N) is 1. The normalized spacial score (nSPS) is 11.2. The van der Waals surface area contributed by atoms with E-state index >= 15 is 0 Å². The van der Waals surface area contributed by atoms with Gasteiger partial charge in [0.25, 0.3) is 5.91 Å². The third-order valence-electron chi connectivity index (χ3n) is 5.51. The van der Waals surface area contributed by atoms with Gasteiger partial charge in [-0.2, -0.15) is 15.3 Å². The summed E-state index contributed by atoms with van der Waals surface area (Å²) in [4.78, 5) is 17.4. The van der Waals surface area contributed by atoms with E-state index < -0.39 is 0 Å². The second kappa shape index (κ2) is 8.34. The number of nitrogens with zero attached hydrogens (tertiary/aromatic N) is 7. The van der Waals surface area contributed by atoms with Crippen LogP contribution in [0.5, 0.6) is 0 Å². The van der Waals surface area contributed by atoms with Gasteiger partial charge in [-0.15, -0.1) is 0 Å². The Labute approximate surface area is 190 Å². The number of benzene rings is 1. The summed E-state index contributed by atoms with van der Waals surface area (Å²) in [6.45, 7) is 7.46. The summed E-state index contributed by atoms with van der Waals surface area (Å²) in [7, 11) is 0. The molecule has 4 heterocycles. The van der Waals surface area contributed by atoms with Gasteiger partial charge >= 0.3 is 0 Å². The van der Waals surface area contributed by atoms with Gasteiger partial charge in [0.15, 0.2) is 5.65 Å². The standard InChI is InChI=1S/C24H24N8O/c1-4-30-15-21(17(3)29-30)22-8-9-25-23-20(12-27-32(22)23)24(33)28-19-11-26-31(14-19)13-18-7-5-6-16(2)10-18/h5-12,14-15H,4,13H2,1-3H3,(H,28,33). The van der Waals surface area contributed by atoms with E-state index in [-0.39, 0.29) is 5.91 Å². The van der Waals surface area contributed by atoms with Gasteiger partial charge in [0.05, 0.1) is 36.0 Å². The van der Waals surface area contributed by atoms with E-state index in [9.17, 15) is 4.79 Å². The van der Waals surface area contributed by atoms with Crippen LogP contribution in [-0.2, 0) is 13.1 Å². The lowest BCUT2D eigenvalue weighted by molar-refractivity contribution is 0.102. The first-order valence-electron chi connectivity index (χ1n) is 10.8. The largest absolute Gasteiger partial charge is 0.319 e. The van der Waals surface area contributed by atoms with Crippen LogP contribution in [0.15, 0.2) is 61.3 Å². The second-order valence-corrected chi connectivity index (χ2v) is 7.98.